The Labute approximate surface area is 171 Å². The Kier molecular flexibility index (Phi) is 5.56. The van der Waals surface area contributed by atoms with E-state index in [0.717, 1.165) is 63.2 Å². The SMILES string of the molecule is COc1ccc(NC(=O)c2nc(C(=O)N3CCCC(C)C3)c3n2CCCC3)cc1. The number of likely N-dealkylation sites (tertiary alicyclic amines) is 1. The molecule has 1 fully saturated rings. The van der Waals surface area contributed by atoms with Crippen molar-refractivity contribution in [1.29, 1.82) is 0 Å². The third kappa shape index (κ3) is 3.99. The molecule has 0 spiro atoms. The number of carbonyl (C=O) groups excluding carboxylic acids is 2. The van der Waals surface area contributed by atoms with Crippen molar-refractivity contribution in [1.82, 2.24) is 14.5 Å². The zero-order valence-electron chi connectivity index (χ0n) is 17.1. The summed E-state index contributed by atoms with van der Waals surface area (Å²) in [5.74, 6) is 1.23. The molecule has 1 aromatic carbocycles. The normalized spacial score (nSPS) is 18.8. The number of anilines is 1. The molecule has 2 aromatic rings. The van der Waals surface area contributed by atoms with Crippen molar-refractivity contribution < 1.29 is 14.3 Å². The second kappa shape index (κ2) is 8.27. The molecular formula is C22H28N4O3. The maximum atomic E-state index is 13.2. The molecule has 1 atom stereocenters. The van der Waals surface area contributed by atoms with Crippen LogP contribution in [-0.2, 0) is 13.0 Å². The number of rotatable bonds is 4. The van der Waals surface area contributed by atoms with Crippen LogP contribution in [0, 0.1) is 5.92 Å². The Morgan fingerprint density at radius 2 is 1.93 bits per heavy atom. The van der Waals surface area contributed by atoms with Crippen LogP contribution >= 0.6 is 0 Å². The number of piperidine rings is 1. The number of fused-ring (bicyclic) bond motifs is 1. The number of nitrogens with one attached hydrogen (secondary N) is 1. The van der Waals surface area contributed by atoms with E-state index in [9.17, 15) is 9.59 Å². The summed E-state index contributed by atoms with van der Waals surface area (Å²) in [6, 6.07) is 7.17. The van der Waals surface area contributed by atoms with Gasteiger partial charge >= 0.3 is 0 Å². The van der Waals surface area contributed by atoms with E-state index < -0.39 is 0 Å². The molecule has 2 aliphatic rings. The van der Waals surface area contributed by atoms with Crippen molar-refractivity contribution >= 4 is 17.5 Å². The summed E-state index contributed by atoms with van der Waals surface area (Å²) < 4.78 is 7.09. The molecule has 7 nitrogen and oxygen atoms in total. The van der Waals surface area contributed by atoms with E-state index in [4.69, 9.17) is 4.74 Å². The standard InChI is InChI=1S/C22H28N4O3/c1-15-6-5-12-25(14-15)22(28)19-18-7-3-4-13-26(18)20(24-19)21(27)23-16-8-10-17(29-2)11-9-16/h8-11,15H,3-7,12-14H2,1-2H3,(H,23,27). The maximum Gasteiger partial charge on any atom is 0.291 e. The topological polar surface area (TPSA) is 76.5 Å². The largest absolute Gasteiger partial charge is 0.497 e. The molecular weight excluding hydrogens is 368 g/mol. The van der Waals surface area contributed by atoms with Gasteiger partial charge in [-0.15, -0.1) is 0 Å². The lowest BCUT2D eigenvalue weighted by atomic mass is 9.99. The van der Waals surface area contributed by atoms with Gasteiger partial charge < -0.3 is 19.5 Å². The smallest absolute Gasteiger partial charge is 0.291 e. The second-order valence-electron chi connectivity index (χ2n) is 8.02. The van der Waals surface area contributed by atoms with Crippen LogP contribution in [0.15, 0.2) is 24.3 Å². The van der Waals surface area contributed by atoms with Crippen LogP contribution in [-0.4, -0.2) is 46.5 Å². The Bertz CT molecular complexity index is 904. The van der Waals surface area contributed by atoms with Crippen LogP contribution < -0.4 is 10.1 Å². The molecule has 2 aliphatic heterocycles. The summed E-state index contributed by atoms with van der Waals surface area (Å²) in [6.45, 7) is 4.43. The number of aromatic nitrogens is 2. The fourth-order valence-corrected chi connectivity index (χ4v) is 4.27. The first-order valence-corrected chi connectivity index (χ1v) is 10.4. The number of amides is 2. The predicted molar refractivity (Wildman–Crippen MR) is 110 cm³/mol. The summed E-state index contributed by atoms with van der Waals surface area (Å²) in [5, 5.41) is 2.90. The average Bonchev–Trinajstić information content (AvgIpc) is 3.13. The number of benzene rings is 1. The van der Waals surface area contributed by atoms with Gasteiger partial charge in [-0.05, 0) is 62.3 Å². The average molecular weight is 396 g/mol. The van der Waals surface area contributed by atoms with Crippen molar-refractivity contribution in [2.45, 2.75) is 45.6 Å². The number of carbonyl (C=O) groups is 2. The Hall–Kier alpha value is -2.83. The number of hydrogen-bond donors (Lipinski definition) is 1. The van der Waals surface area contributed by atoms with Crippen molar-refractivity contribution in [3.8, 4) is 5.75 Å². The molecule has 1 N–H and O–H groups in total. The fourth-order valence-electron chi connectivity index (χ4n) is 4.27. The van der Waals surface area contributed by atoms with Gasteiger partial charge in [0.2, 0.25) is 0 Å². The van der Waals surface area contributed by atoms with E-state index >= 15 is 0 Å². The van der Waals surface area contributed by atoms with Gasteiger partial charge in [0.05, 0.1) is 12.8 Å². The number of nitrogens with zero attached hydrogens (tertiary/aromatic N) is 3. The van der Waals surface area contributed by atoms with Crippen LogP contribution in [0.1, 0.15) is 59.4 Å². The first kappa shape index (κ1) is 19.5. The van der Waals surface area contributed by atoms with Crippen LogP contribution in [0.2, 0.25) is 0 Å². The molecule has 1 unspecified atom stereocenters. The third-order valence-corrected chi connectivity index (χ3v) is 5.82. The van der Waals surface area contributed by atoms with E-state index in [1.54, 1.807) is 31.4 Å². The minimum Gasteiger partial charge on any atom is -0.497 e. The second-order valence-corrected chi connectivity index (χ2v) is 8.02. The third-order valence-electron chi connectivity index (χ3n) is 5.82. The number of imidazole rings is 1. The molecule has 1 saturated heterocycles. The van der Waals surface area contributed by atoms with Gasteiger partial charge in [-0.1, -0.05) is 6.92 Å². The number of ether oxygens (including phenoxy) is 1. The van der Waals surface area contributed by atoms with Crippen molar-refractivity contribution in [2.24, 2.45) is 5.92 Å². The fraction of sp³-hybridized carbons (Fsp3) is 0.500. The first-order valence-electron chi connectivity index (χ1n) is 10.4. The zero-order valence-corrected chi connectivity index (χ0v) is 17.1. The highest BCUT2D eigenvalue weighted by atomic mass is 16.5. The highest BCUT2D eigenvalue weighted by Gasteiger charge is 2.31. The molecule has 4 rings (SSSR count). The summed E-state index contributed by atoms with van der Waals surface area (Å²) in [5.41, 5.74) is 2.03. The van der Waals surface area contributed by atoms with Gasteiger partial charge in [0.1, 0.15) is 11.4 Å². The Morgan fingerprint density at radius 1 is 1.14 bits per heavy atom. The zero-order chi connectivity index (χ0) is 20.4. The maximum absolute atomic E-state index is 13.2. The predicted octanol–water partition coefficient (Wildman–Crippen LogP) is 3.35. The minimum atomic E-state index is -0.288. The molecule has 29 heavy (non-hydrogen) atoms. The highest BCUT2D eigenvalue weighted by Crippen LogP contribution is 2.25. The molecule has 0 bridgehead atoms. The van der Waals surface area contributed by atoms with E-state index in [-0.39, 0.29) is 11.8 Å². The lowest BCUT2D eigenvalue weighted by Crippen LogP contribution is -2.39. The highest BCUT2D eigenvalue weighted by molar-refractivity contribution is 6.03. The molecule has 2 amide bonds. The number of methoxy groups -OCH3 is 1. The summed E-state index contributed by atoms with van der Waals surface area (Å²) in [6.07, 6.45) is 4.96. The quantitative estimate of drug-likeness (QED) is 0.860. The van der Waals surface area contributed by atoms with E-state index in [2.05, 4.69) is 17.2 Å². The minimum absolute atomic E-state index is 0.0364. The first-order chi connectivity index (χ1) is 14.1. The van der Waals surface area contributed by atoms with Crippen LogP contribution in [0.4, 0.5) is 5.69 Å². The van der Waals surface area contributed by atoms with E-state index in [1.807, 2.05) is 9.47 Å². The molecule has 154 valence electrons. The lowest BCUT2D eigenvalue weighted by Gasteiger charge is -2.30. The lowest BCUT2D eigenvalue weighted by molar-refractivity contribution is 0.0676. The molecule has 0 radical (unpaired) electrons. The van der Waals surface area contributed by atoms with Gasteiger partial charge in [-0.25, -0.2) is 4.98 Å². The van der Waals surface area contributed by atoms with Gasteiger partial charge in [0.15, 0.2) is 5.82 Å². The van der Waals surface area contributed by atoms with Gasteiger partial charge in [0, 0.05) is 25.3 Å². The van der Waals surface area contributed by atoms with Gasteiger partial charge in [-0.2, -0.15) is 0 Å². The Balaban J connectivity index is 1.60. The van der Waals surface area contributed by atoms with Crippen LogP contribution in [0.25, 0.3) is 0 Å². The molecule has 0 saturated carbocycles. The van der Waals surface area contributed by atoms with Crippen LogP contribution in [0.3, 0.4) is 0 Å². The summed E-state index contributed by atoms with van der Waals surface area (Å²) in [4.78, 5) is 32.6. The van der Waals surface area contributed by atoms with Crippen molar-refractivity contribution in [2.75, 3.05) is 25.5 Å². The summed E-state index contributed by atoms with van der Waals surface area (Å²) >= 11 is 0. The van der Waals surface area contributed by atoms with Crippen LogP contribution in [0.5, 0.6) is 5.75 Å². The molecule has 7 heteroatoms. The monoisotopic (exact) mass is 396 g/mol. The Morgan fingerprint density at radius 3 is 2.66 bits per heavy atom. The van der Waals surface area contributed by atoms with E-state index in [0.29, 0.717) is 23.1 Å². The van der Waals surface area contributed by atoms with Crippen molar-refractivity contribution in [3.63, 3.8) is 0 Å². The van der Waals surface area contributed by atoms with Crippen molar-refractivity contribution in [3.05, 3.63) is 41.5 Å². The molecule has 0 aliphatic carbocycles. The van der Waals surface area contributed by atoms with E-state index in [1.165, 1.54) is 0 Å². The summed E-state index contributed by atoms with van der Waals surface area (Å²) in [7, 11) is 1.60. The molecule has 3 heterocycles. The number of hydrogen-bond acceptors (Lipinski definition) is 4. The molecule has 1 aromatic heterocycles. The van der Waals surface area contributed by atoms with Gasteiger partial charge in [-0.3, -0.25) is 9.59 Å². The van der Waals surface area contributed by atoms with Gasteiger partial charge in [0.25, 0.3) is 11.8 Å².